The van der Waals surface area contributed by atoms with E-state index in [9.17, 15) is 4.79 Å². The molecule has 4 nitrogen and oxygen atoms in total. The molecule has 0 spiro atoms. The number of hydrogen-bond donors (Lipinski definition) is 1. The van der Waals surface area contributed by atoms with Crippen LogP contribution in [-0.2, 0) is 0 Å². The lowest BCUT2D eigenvalue weighted by atomic mass is 10.1. The summed E-state index contributed by atoms with van der Waals surface area (Å²) in [6.07, 6.45) is 4.62. The molecule has 1 saturated carbocycles. The molecule has 0 bridgehead atoms. The molecule has 0 aliphatic heterocycles. The third kappa shape index (κ3) is 2.83. The van der Waals surface area contributed by atoms with Crippen LogP contribution in [0.25, 0.3) is 0 Å². The van der Waals surface area contributed by atoms with Gasteiger partial charge in [0.2, 0.25) is 0 Å². The van der Waals surface area contributed by atoms with Gasteiger partial charge in [-0.15, -0.1) is 0 Å². The summed E-state index contributed by atoms with van der Waals surface area (Å²) >= 11 is 0. The van der Waals surface area contributed by atoms with E-state index in [1.807, 2.05) is 11.8 Å². The first-order valence-electron chi connectivity index (χ1n) is 6.91. The average molecular weight is 262 g/mol. The number of carbonyl (C=O) groups is 1. The first-order chi connectivity index (χ1) is 9.17. The maximum absolute atomic E-state index is 12.7. The lowest BCUT2D eigenvalue weighted by molar-refractivity contribution is 0.0690. The van der Waals surface area contributed by atoms with E-state index in [1.54, 1.807) is 25.3 Å². The second-order valence-electron chi connectivity index (χ2n) is 4.99. The van der Waals surface area contributed by atoms with Crippen molar-refractivity contribution in [3.63, 3.8) is 0 Å². The van der Waals surface area contributed by atoms with Crippen LogP contribution in [-0.4, -0.2) is 30.5 Å². The maximum Gasteiger partial charge on any atom is 0.257 e. The molecule has 2 N–H and O–H groups in total. The number of nitrogens with zero attached hydrogens (tertiary/aromatic N) is 1. The van der Waals surface area contributed by atoms with Crippen molar-refractivity contribution < 1.29 is 9.53 Å². The predicted molar refractivity (Wildman–Crippen MR) is 76.4 cm³/mol. The number of rotatable bonds is 4. The molecule has 0 atom stereocenters. The van der Waals surface area contributed by atoms with Crippen molar-refractivity contribution in [2.75, 3.05) is 19.4 Å². The quantitative estimate of drug-likeness (QED) is 0.849. The third-order valence-electron chi connectivity index (χ3n) is 3.82. The van der Waals surface area contributed by atoms with Gasteiger partial charge in [-0.05, 0) is 38.0 Å². The minimum Gasteiger partial charge on any atom is -0.496 e. The summed E-state index contributed by atoms with van der Waals surface area (Å²) in [4.78, 5) is 14.6. The van der Waals surface area contributed by atoms with E-state index in [1.165, 1.54) is 12.8 Å². The fourth-order valence-corrected chi connectivity index (χ4v) is 2.83. The Morgan fingerprint density at radius 2 is 2.11 bits per heavy atom. The van der Waals surface area contributed by atoms with Crippen LogP contribution in [0.1, 0.15) is 43.0 Å². The van der Waals surface area contributed by atoms with Crippen molar-refractivity contribution in [1.82, 2.24) is 4.90 Å². The molecular formula is C15H22N2O2. The van der Waals surface area contributed by atoms with E-state index in [4.69, 9.17) is 10.5 Å². The van der Waals surface area contributed by atoms with Crippen LogP contribution in [0.3, 0.4) is 0 Å². The fourth-order valence-electron chi connectivity index (χ4n) is 2.83. The number of anilines is 1. The summed E-state index contributed by atoms with van der Waals surface area (Å²) in [5, 5.41) is 0. The van der Waals surface area contributed by atoms with Gasteiger partial charge in [0.15, 0.2) is 0 Å². The lowest BCUT2D eigenvalue weighted by Gasteiger charge is -2.28. The highest BCUT2D eigenvalue weighted by Gasteiger charge is 2.27. The van der Waals surface area contributed by atoms with Crippen LogP contribution in [0, 0.1) is 0 Å². The standard InChI is InChI=1S/C15H22N2O2/c1-3-17(12-6-4-5-7-12)15(18)13-10-11(16)8-9-14(13)19-2/h8-10,12H,3-7,16H2,1-2H3. The number of nitrogens with two attached hydrogens (primary N) is 1. The molecule has 0 radical (unpaired) electrons. The average Bonchev–Trinajstić information content (AvgIpc) is 2.93. The Bertz CT molecular complexity index is 453. The Morgan fingerprint density at radius 3 is 2.68 bits per heavy atom. The molecular weight excluding hydrogens is 240 g/mol. The van der Waals surface area contributed by atoms with Crippen LogP contribution < -0.4 is 10.5 Å². The largest absolute Gasteiger partial charge is 0.496 e. The van der Waals surface area contributed by atoms with Crippen molar-refractivity contribution in [2.24, 2.45) is 0 Å². The van der Waals surface area contributed by atoms with Gasteiger partial charge in [-0.3, -0.25) is 4.79 Å². The summed E-state index contributed by atoms with van der Waals surface area (Å²) in [6.45, 7) is 2.75. The van der Waals surface area contributed by atoms with Gasteiger partial charge in [-0.25, -0.2) is 0 Å². The van der Waals surface area contributed by atoms with Gasteiger partial charge in [-0.1, -0.05) is 12.8 Å². The van der Waals surface area contributed by atoms with Gasteiger partial charge >= 0.3 is 0 Å². The zero-order chi connectivity index (χ0) is 13.8. The molecule has 1 aromatic rings. The molecule has 0 aromatic heterocycles. The Morgan fingerprint density at radius 1 is 1.42 bits per heavy atom. The van der Waals surface area contributed by atoms with E-state index >= 15 is 0 Å². The van der Waals surface area contributed by atoms with Crippen molar-refractivity contribution in [1.29, 1.82) is 0 Å². The topological polar surface area (TPSA) is 55.6 Å². The monoisotopic (exact) mass is 262 g/mol. The highest BCUT2D eigenvalue weighted by molar-refractivity contribution is 5.98. The van der Waals surface area contributed by atoms with Gasteiger partial charge < -0.3 is 15.4 Å². The summed E-state index contributed by atoms with van der Waals surface area (Å²) in [5.74, 6) is 0.620. The zero-order valence-corrected chi connectivity index (χ0v) is 11.7. The number of benzene rings is 1. The molecule has 1 aromatic carbocycles. The molecule has 1 aliphatic rings. The van der Waals surface area contributed by atoms with Gasteiger partial charge in [0.25, 0.3) is 5.91 Å². The maximum atomic E-state index is 12.7. The zero-order valence-electron chi connectivity index (χ0n) is 11.7. The van der Waals surface area contributed by atoms with Crippen molar-refractivity contribution >= 4 is 11.6 Å². The Balaban J connectivity index is 2.28. The number of carbonyl (C=O) groups excluding carboxylic acids is 1. The lowest BCUT2D eigenvalue weighted by Crippen LogP contribution is -2.38. The Labute approximate surface area is 114 Å². The van der Waals surface area contributed by atoms with Crippen LogP contribution >= 0.6 is 0 Å². The van der Waals surface area contributed by atoms with Gasteiger partial charge in [0, 0.05) is 18.3 Å². The van der Waals surface area contributed by atoms with Crippen LogP contribution in [0.2, 0.25) is 0 Å². The molecule has 1 amide bonds. The summed E-state index contributed by atoms with van der Waals surface area (Å²) < 4.78 is 5.28. The smallest absolute Gasteiger partial charge is 0.257 e. The first-order valence-corrected chi connectivity index (χ1v) is 6.91. The molecule has 0 unspecified atom stereocenters. The molecule has 19 heavy (non-hydrogen) atoms. The first kappa shape index (κ1) is 13.7. The van der Waals surface area contributed by atoms with E-state index in [0.717, 1.165) is 19.4 Å². The second-order valence-corrected chi connectivity index (χ2v) is 4.99. The van der Waals surface area contributed by atoms with Gasteiger partial charge in [0.05, 0.1) is 12.7 Å². The third-order valence-corrected chi connectivity index (χ3v) is 3.82. The molecule has 0 saturated heterocycles. The van der Waals surface area contributed by atoms with Crippen LogP contribution in [0.4, 0.5) is 5.69 Å². The molecule has 2 rings (SSSR count). The number of amides is 1. The van der Waals surface area contributed by atoms with E-state index in [-0.39, 0.29) is 5.91 Å². The molecule has 104 valence electrons. The Kier molecular flexibility index (Phi) is 4.30. The predicted octanol–water partition coefficient (Wildman–Crippen LogP) is 2.68. The number of nitrogen functional groups attached to an aromatic ring is 1. The molecule has 1 fully saturated rings. The van der Waals surface area contributed by atoms with Crippen molar-refractivity contribution in [3.05, 3.63) is 23.8 Å². The van der Waals surface area contributed by atoms with E-state index < -0.39 is 0 Å². The van der Waals surface area contributed by atoms with Gasteiger partial charge in [0.1, 0.15) is 5.75 Å². The fraction of sp³-hybridized carbons (Fsp3) is 0.533. The number of hydrogen-bond acceptors (Lipinski definition) is 3. The SMILES string of the molecule is CCN(C(=O)c1cc(N)ccc1OC)C1CCCC1. The normalized spacial score (nSPS) is 15.5. The molecule has 0 heterocycles. The highest BCUT2D eigenvalue weighted by atomic mass is 16.5. The summed E-state index contributed by atoms with van der Waals surface area (Å²) in [5.41, 5.74) is 6.94. The number of methoxy groups -OCH3 is 1. The van der Waals surface area contributed by atoms with E-state index in [0.29, 0.717) is 23.0 Å². The van der Waals surface area contributed by atoms with E-state index in [2.05, 4.69) is 0 Å². The number of ether oxygens (including phenoxy) is 1. The van der Waals surface area contributed by atoms with Crippen LogP contribution in [0.15, 0.2) is 18.2 Å². The van der Waals surface area contributed by atoms with Gasteiger partial charge in [-0.2, -0.15) is 0 Å². The molecule has 4 heteroatoms. The minimum absolute atomic E-state index is 0.0264. The van der Waals surface area contributed by atoms with Crippen molar-refractivity contribution in [2.45, 2.75) is 38.6 Å². The second kappa shape index (κ2) is 5.95. The highest BCUT2D eigenvalue weighted by Crippen LogP contribution is 2.28. The summed E-state index contributed by atoms with van der Waals surface area (Å²) in [6, 6.07) is 5.58. The van der Waals surface area contributed by atoms with Crippen LogP contribution in [0.5, 0.6) is 5.75 Å². The van der Waals surface area contributed by atoms with Crippen molar-refractivity contribution in [3.8, 4) is 5.75 Å². The summed E-state index contributed by atoms with van der Waals surface area (Å²) in [7, 11) is 1.58. The molecule has 1 aliphatic carbocycles. The Hall–Kier alpha value is -1.71. The minimum atomic E-state index is 0.0264.